The van der Waals surface area contributed by atoms with Gasteiger partial charge in [0.05, 0.1) is 12.0 Å². The summed E-state index contributed by atoms with van der Waals surface area (Å²) in [6.45, 7) is 3.71. The van der Waals surface area contributed by atoms with Crippen LogP contribution in [0.5, 0.6) is 5.75 Å². The highest BCUT2D eigenvalue weighted by atomic mass is 35.5. The fourth-order valence-corrected chi connectivity index (χ4v) is 3.74. The number of ether oxygens (including phenoxy) is 1. The van der Waals surface area contributed by atoms with Gasteiger partial charge in [0.15, 0.2) is 0 Å². The van der Waals surface area contributed by atoms with E-state index in [0.717, 1.165) is 6.07 Å². The van der Waals surface area contributed by atoms with Crippen LogP contribution in [-0.2, 0) is 16.6 Å². The minimum absolute atomic E-state index is 0.0134. The SMILES string of the molecule is C=CCN(Cc1ccc(F)cc1Cl)S(=O)(=O)c1ccc(OC)cc1. The van der Waals surface area contributed by atoms with Crippen molar-refractivity contribution in [2.45, 2.75) is 11.4 Å². The summed E-state index contributed by atoms with van der Waals surface area (Å²) in [4.78, 5) is 0.128. The van der Waals surface area contributed by atoms with Gasteiger partial charge in [0.2, 0.25) is 10.0 Å². The number of hydrogen-bond acceptors (Lipinski definition) is 3. The molecule has 0 atom stereocenters. The van der Waals surface area contributed by atoms with Crippen molar-refractivity contribution in [2.75, 3.05) is 13.7 Å². The number of rotatable bonds is 7. The van der Waals surface area contributed by atoms with Gasteiger partial charge >= 0.3 is 0 Å². The Bertz CT molecular complexity index is 822. The van der Waals surface area contributed by atoms with Gasteiger partial charge in [-0.2, -0.15) is 4.31 Å². The second-order valence-electron chi connectivity index (χ2n) is 5.00. The van der Waals surface area contributed by atoms with Gasteiger partial charge in [0, 0.05) is 18.1 Å². The van der Waals surface area contributed by atoms with Crippen molar-refractivity contribution in [3.8, 4) is 5.75 Å². The summed E-state index contributed by atoms with van der Waals surface area (Å²) in [7, 11) is -2.26. The number of methoxy groups -OCH3 is 1. The highest BCUT2D eigenvalue weighted by Gasteiger charge is 2.24. The van der Waals surface area contributed by atoms with E-state index in [-0.39, 0.29) is 23.0 Å². The summed E-state index contributed by atoms with van der Waals surface area (Å²) in [6, 6.07) is 9.95. The molecule has 0 unspecified atom stereocenters. The van der Waals surface area contributed by atoms with Crippen LogP contribution in [0.4, 0.5) is 4.39 Å². The van der Waals surface area contributed by atoms with Gasteiger partial charge in [-0.15, -0.1) is 6.58 Å². The van der Waals surface area contributed by atoms with Crippen LogP contribution in [0.25, 0.3) is 0 Å². The van der Waals surface area contributed by atoms with Crippen molar-refractivity contribution in [1.82, 2.24) is 4.31 Å². The lowest BCUT2D eigenvalue weighted by atomic mass is 10.2. The largest absolute Gasteiger partial charge is 0.497 e. The topological polar surface area (TPSA) is 46.6 Å². The fourth-order valence-electron chi connectivity index (χ4n) is 2.13. The molecule has 0 saturated carbocycles. The van der Waals surface area contributed by atoms with Gasteiger partial charge in [-0.3, -0.25) is 0 Å². The van der Waals surface area contributed by atoms with Gasteiger partial charge in [-0.25, -0.2) is 12.8 Å². The molecule has 7 heteroatoms. The fraction of sp³-hybridized carbons (Fsp3) is 0.176. The zero-order valence-electron chi connectivity index (χ0n) is 13.1. The lowest BCUT2D eigenvalue weighted by Gasteiger charge is -2.21. The molecule has 0 aliphatic heterocycles. The average Bonchev–Trinajstić information content (AvgIpc) is 2.56. The summed E-state index contributed by atoms with van der Waals surface area (Å²) in [5, 5.41) is 0.175. The molecule has 0 heterocycles. The Kier molecular flexibility index (Phi) is 5.99. The molecule has 0 N–H and O–H groups in total. The Hall–Kier alpha value is -1.89. The molecular formula is C17H17ClFNO3S. The third-order valence-electron chi connectivity index (χ3n) is 3.39. The zero-order chi connectivity index (χ0) is 17.7. The Labute approximate surface area is 146 Å². The number of benzene rings is 2. The van der Waals surface area contributed by atoms with Crippen LogP contribution in [0, 0.1) is 5.82 Å². The standard InChI is InChI=1S/C17H17ClFNO3S/c1-3-10-20(12-13-4-5-14(19)11-17(13)18)24(21,22)16-8-6-15(23-2)7-9-16/h3-9,11H,1,10,12H2,2H3. The minimum atomic E-state index is -3.76. The monoisotopic (exact) mass is 369 g/mol. The first-order valence-electron chi connectivity index (χ1n) is 7.07. The van der Waals surface area contributed by atoms with E-state index in [1.807, 2.05) is 0 Å². The summed E-state index contributed by atoms with van der Waals surface area (Å²) in [6.07, 6.45) is 1.48. The van der Waals surface area contributed by atoms with Crippen LogP contribution in [0.2, 0.25) is 5.02 Å². The smallest absolute Gasteiger partial charge is 0.243 e. The normalized spacial score (nSPS) is 11.5. The maximum absolute atomic E-state index is 13.2. The quantitative estimate of drug-likeness (QED) is 0.696. The second-order valence-corrected chi connectivity index (χ2v) is 7.34. The summed E-state index contributed by atoms with van der Waals surface area (Å²) in [5.41, 5.74) is 0.511. The molecule has 2 rings (SSSR count). The van der Waals surface area contributed by atoms with Crippen LogP contribution in [0.3, 0.4) is 0 Å². The molecule has 0 aliphatic rings. The van der Waals surface area contributed by atoms with Crippen molar-refractivity contribution >= 4 is 21.6 Å². The molecular weight excluding hydrogens is 353 g/mol. The molecule has 24 heavy (non-hydrogen) atoms. The Morgan fingerprint density at radius 1 is 1.25 bits per heavy atom. The molecule has 2 aromatic rings. The molecule has 0 aliphatic carbocycles. The molecule has 0 fully saturated rings. The van der Waals surface area contributed by atoms with Crippen LogP contribution in [0.15, 0.2) is 60.0 Å². The third-order valence-corrected chi connectivity index (χ3v) is 5.57. The summed E-state index contributed by atoms with van der Waals surface area (Å²) >= 11 is 6.01. The van der Waals surface area contributed by atoms with E-state index < -0.39 is 15.8 Å². The molecule has 0 radical (unpaired) electrons. The van der Waals surface area contributed by atoms with Crippen molar-refractivity contribution in [2.24, 2.45) is 0 Å². The van der Waals surface area contributed by atoms with Crippen LogP contribution in [0.1, 0.15) is 5.56 Å². The highest BCUT2D eigenvalue weighted by Crippen LogP contribution is 2.24. The predicted molar refractivity (Wildman–Crippen MR) is 92.2 cm³/mol. The second kappa shape index (κ2) is 7.79. The third kappa shape index (κ3) is 4.14. The van der Waals surface area contributed by atoms with Crippen molar-refractivity contribution in [3.05, 3.63) is 71.5 Å². The lowest BCUT2D eigenvalue weighted by Crippen LogP contribution is -2.31. The van der Waals surface area contributed by atoms with Gasteiger partial charge in [0.1, 0.15) is 11.6 Å². The Balaban J connectivity index is 2.35. The molecule has 0 amide bonds. The van der Waals surface area contributed by atoms with Crippen LogP contribution < -0.4 is 4.74 Å². The van der Waals surface area contributed by atoms with E-state index in [4.69, 9.17) is 16.3 Å². The molecule has 4 nitrogen and oxygen atoms in total. The van der Waals surface area contributed by atoms with Crippen molar-refractivity contribution < 1.29 is 17.5 Å². The predicted octanol–water partition coefficient (Wildman–Crippen LogP) is 3.86. The Morgan fingerprint density at radius 2 is 1.92 bits per heavy atom. The van der Waals surface area contributed by atoms with Gasteiger partial charge in [-0.05, 0) is 42.0 Å². The number of hydrogen-bond donors (Lipinski definition) is 0. The summed E-state index contributed by atoms with van der Waals surface area (Å²) < 4.78 is 45.1. The molecule has 0 bridgehead atoms. The van der Waals surface area contributed by atoms with E-state index in [2.05, 4.69) is 6.58 Å². The molecule has 0 spiro atoms. The van der Waals surface area contributed by atoms with E-state index in [0.29, 0.717) is 11.3 Å². The maximum atomic E-state index is 13.2. The molecule has 128 valence electrons. The first-order chi connectivity index (χ1) is 11.4. The zero-order valence-corrected chi connectivity index (χ0v) is 14.6. The Morgan fingerprint density at radius 3 is 2.46 bits per heavy atom. The molecule has 0 saturated heterocycles. The van der Waals surface area contributed by atoms with E-state index in [9.17, 15) is 12.8 Å². The van der Waals surface area contributed by atoms with Gasteiger partial charge in [0.25, 0.3) is 0 Å². The van der Waals surface area contributed by atoms with E-state index in [1.165, 1.54) is 41.8 Å². The molecule has 2 aromatic carbocycles. The van der Waals surface area contributed by atoms with Gasteiger partial charge in [-0.1, -0.05) is 23.7 Å². The molecule has 0 aromatic heterocycles. The lowest BCUT2D eigenvalue weighted by molar-refractivity contribution is 0.414. The average molecular weight is 370 g/mol. The first kappa shape index (κ1) is 18.4. The first-order valence-corrected chi connectivity index (χ1v) is 8.89. The van der Waals surface area contributed by atoms with Gasteiger partial charge < -0.3 is 4.74 Å². The number of sulfonamides is 1. The summed E-state index contributed by atoms with van der Waals surface area (Å²) in [5.74, 6) is 0.0860. The van der Waals surface area contributed by atoms with Crippen LogP contribution in [-0.4, -0.2) is 26.4 Å². The number of nitrogens with zero attached hydrogens (tertiary/aromatic N) is 1. The minimum Gasteiger partial charge on any atom is -0.497 e. The van der Waals surface area contributed by atoms with Crippen LogP contribution >= 0.6 is 11.6 Å². The van der Waals surface area contributed by atoms with E-state index >= 15 is 0 Å². The van der Waals surface area contributed by atoms with Crippen molar-refractivity contribution in [3.63, 3.8) is 0 Å². The highest BCUT2D eigenvalue weighted by molar-refractivity contribution is 7.89. The maximum Gasteiger partial charge on any atom is 0.243 e. The van der Waals surface area contributed by atoms with E-state index in [1.54, 1.807) is 12.1 Å². The van der Waals surface area contributed by atoms with Crippen molar-refractivity contribution in [1.29, 1.82) is 0 Å². The number of halogens is 2.